The van der Waals surface area contributed by atoms with Gasteiger partial charge in [0.1, 0.15) is 12.1 Å². The van der Waals surface area contributed by atoms with Crippen LogP contribution < -0.4 is 14.8 Å². The molecule has 0 spiro atoms. The molecule has 2 rings (SSSR count). The summed E-state index contributed by atoms with van der Waals surface area (Å²) in [6, 6.07) is 11.6. The topological polar surface area (TPSA) is 147 Å². The Bertz CT molecular complexity index is 1040. The number of hydrogen-bond acceptors (Lipinski definition) is 10. The summed E-state index contributed by atoms with van der Waals surface area (Å²) in [5.74, 6) is -1.91. The van der Waals surface area contributed by atoms with Crippen molar-refractivity contribution in [2.45, 2.75) is 39.3 Å². The Balaban J connectivity index is 2.08. The van der Waals surface area contributed by atoms with Crippen molar-refractivity contribution >= 4 is 24.2 Å². The molecule has 0 aliphatic rings. The molecule has 2 aromatic carbocycles. The quantitative estimate of drug-likeness (QED) is 0.249. The maximum absolute atomic E-state index is 12.2. The Hall–Kier alpha value is -4.12. The minimum atomic E-state index is -1.14. The molecule has 2 aromatic rings. The molecule has 0 saturated heterocycles. The van der Waals surface area contributed by atoms with Crippen molar-refractivity contribution in [2.75, 3.05) is 19.8 Å². The minimum absolute atomic E-state index is 0.0203. The number of benzene rings is 2. The van der Waals surface area contributed by atoms with Gasteiger partial charge in [0, 0.05) is 6.54 Å². The number of carboxylic acid groups (broad SMARTS) is 1. The highest BCUT2D eigenvalue weighted by atomic mass is 16.7. The van der Waals surface area contributed by atoms with Crippen LogP contribution in [0.2, 0.25) is 0 Å². The van der Waals surface area contributed by atoms with Gasteiger partial charge in [-0.1, -0.05) is 24.3 Å². The van der Waals surface area contributed by atoms with Crippen molar-refractivity contribution in [3.63, 3.8) is 0 Å². The van der Waals surface area contributed by atoms with Gasteiger partial charge in [-0.25, -0.2) is 14.4 Å². The lowest BCUT2D eigenvalue weighted by Gasteiger charge is -2.19. The molecule has 36 heavy (non-hydrogen) atoms. The van der Waals surface area contributed by atoms with Gasteiger partial charge >= 0.3 is 24.2 Å². The van der Waals surface area contributed by atoms with E-state index < -0.39 is 36.4 Å². The number of esters is 1. The van der Waals surface area contributed by atoms with Crippen LogP contribution >= 0.6 is 0 Å². The van der Waals surface area contributed by atoms with E-state index in [1.807, 2.05) is 0 Å². The lowest BCUT2D eigenvalue weighted by Crippen LogP contribution is -2.42. The molecular weight excluding hydrogens is 474 g/mol. The second-order valence-corrected chi connectivity index (χ2v) is 7.44. The first kappa shape index (κ1) is 28.1. The molecule has 2 N–H and O–H groups in total. The van der Waals surface area contributed by atoms with E-state index in [1.54, 1.807) is 51.1 Å². The average molecular weight is 504 g/mol. The monoisotopic (exact) mass is 503 g/mol. The summed E-state index contributed by atoms with van der Waals surface area (Å²) >= 11 is 0. The van der Waals surface area contributed by atoms with Crippen molar-refractivity contribution in [3.8, 4) is 11.5 Å². The standard InChI is InChI=1S/C25H29NO10/c1-4-32-24(30)35-20-12-11-17(14-21(20)36-25(31)33-5-2)13-19(22(27)28)26-15-16(3)34-23(29)18-9-7-6-8-10-18/h6-12,14,16,19,26H,4-5,13,15H2,1-3H3,(H,27,28)/t16?,19-/m0/s1. The van der Waals surface area contributed by atoms with E-state index in [0.29, 0.717) is 11.1 Å². The van der Waals surface area contributed by atoms with E-state index >= 15 is 0 Å². The molecule has 0 aromatic heterocycles. The Morgan fingerprint density at radius 1 is 0.889 bits per heavy atom. The number of carbonyl (C=O) groups is 4. The van der Waals surface area contributed by atoms with Crippen LogP contribution in [0.25, 0.3) is 0 Å². The molecule has 2 atom stereocenters. The van der Waals surface area contributed by atoms with Crippen LogP contribution in [-0.2, 0) is 25.4 Å². The van der Waals surface area contributed by atoms with Crippen LogP contribution in [0.3, 0.4) is 0 Å². The molecular formula is C25H29NO10. The number of rotatable bonds is 12. The summed E-state index contributed by atoms with van der Waals surface area (Å²) in [6.45, 7) is 5.05. The summed E-state index contributed by atoms with van der Waals surface area (Å²) in [5.41, 5.74) is 0.845. The first-order valence-electron chi connectivity index (χ1n) is 11.3. The molecule has 0 radical (unpaired) electrons. The van der Waals surface area contributed by atoms with Gasteiger partial charge in [0.25, 0.3) is 0 Å². The molecule has 194 valence electrons. The zero-order chi connectivity index (χ0) is 26.5. The van der Waals surface area contributed by atoms with Crippen LogP contribution in [0.4, 0.5) is 9.59 Å². The molecule has 0 heterocycles. The molecule has 1 unspecified atom stereocenters. The molecule has 0 bridgehead atoms. The summed E-state index contributed by atoms with van der Waals surface area (Å²) in [7, 11) is 0. The highest BCUT2D eigenvalue weighted by molar-refractivity contribution is 5.89. The van der Waals surface area contributed by atoms with Gasteiger partial charge in [0.05, 0.1) is 18.8 Å². The van der Waals surface area contributed by atoms with Crippen LogP contribution in [-0.4, -0.2) is 61.3 Å². The van der Waals surface area contributed by atoms with Gasteiger partial charge in [-0.15, -0.1) is 0 Å². The third-order valence-electron chi connectivity index (χ3n) is 4.63. The zero-order valence-corrected chi connectivity index (χ0v) is 20.2. The molecule has 0 saturated carbocycles. The van der Waals surface area contributed by atoms with E-state index in [0.717, 1.165) is 0 Å². The third-order valence-corrected chi connectivity index (χ3v) is 4.63. The minimum Gasteiger partial charge on any atom is -0.480 e. The largest absolute Gasteiger partial charge is 0.513 e. The maximum atomic E-state index is 12.2. The lowest BCUT2D eigenvalue weighted by atomic mass is 10.0. The molecule has 0 fully saturated rings. The summed E-state index contributed by atoms with van der Waals surface area (Å²) in [4.78, 5) is 47.5. The third kappa shape index (κ3) is 9.26. The van der Waals surface area contributed by atoms with Crippen molar-refractivity contribution in [2.24, 2.45) is 0 Å². The van der Waals surface area contributed by atoms with E-state index in [9.17, 15) is 24.3 Å². The van der Waals surface area contributed by atoms with Gasteiger partial charge < -0.3 is 34.1 Å². The van der Waals surface area contributed by atoms with Gasteiger partial charge in [-0.05, 0) is 57.0 Å². The van der Waals surface area contributed by atoms with Gasteiger partial charge in [0.15, 0.2) is 11.5 Å². The number of carbonyl (C=O) groups excluding carboxylic acids is 3. The first-order chi connectivity index (χ1) is 17.2. The summed E-state index contributed by atoms with van der Waals surface area (Å²) in [6.07, 6.45) is -2.65. The molecule has 11 heteroatoms. The van der Waals surface area contributed by atoms with E-state index in [1.165, 1.54) is 18.2 Å². The molecule has 11 nitrogen and oxygen atoms in total. The smallest absolute Gasteiger partial charge is 0.480 e. The van der Waals surface area contributed by atoms with Crippen LogP contribution in [0.5, 0.6) is 11.5 Å². The van der Waals surface area contributed by atoms with Crippen LogP contribution in [0.1, 0.15) is 36.7 Å². The fourth-order valence-electron chi connectivity index (χ4n) is 2.98. The number of ether oxygens (including phenoxy) is 5. The normalized spacial score (nSPS) is 12.1. The van der Waals surface area contributed by atoms with Crippen molar-refractivity contribution < 1.29 is 48.0 Å². The number of carboxylic acids is 1. The van der Waals surface area contributed by atoms with Crippen LogP contribution in [0, 0.1) is 0 Å². The summed E-state index contributed by atoms with van der Waals surface area (Å²) < 4.78 is 25.0. The van der Waals surface area contributed by atoms with Crippen molar-refractivity contribution in [1.29, 1.82) is 0 Å². The lowest BCUT2D eigenvalue weighted by molar-refractivity contribution is -0.139. The zero-order valence-electron chi connectivity index (χ0n) is 20.2. The highest BCUT2D eigenvalue weighted by Crippen LogP contribution is 2.30. The van der Waals surface area contributed by atoms with Gasteiger partial charge in [-0.2, -0.15) is 0 Å². The van der Waals surface area contributed by atoms with E-state index in [2.05, 4.69) is 5.32 Å². The second-order valence-electron chi connectivity index (χ2n) is 7.44. The van der Waals surface area contributed by atoms with E-state index in [-0.39, 0.29) is 37.7 Å². The predicted octanol–water partition coefficient (Wildman–Crippen LogP) is 3.59. The second kappa shape index (κ2) is 14.3. The molecule has 0 aliphatic carbocycles. The summed E-state index contributed by atoms with van der Waals surface area (Å²) in [5, 5.41) is 12.5. The van der Waals surface area contributed by atoms with E-state index in [4.69, 9.17) is 23.7 Å². The van der Waals surface area contributed by atoms with Gasteiger partial charge in [-0.3, -0.25) is 4.79 Å². The SMILES string of the molecule is CCOC(=O)Oc1ccc(C[C@H](NCC(C)OC(=O)c2ccccc2)C(=O)O)cc1OC(=O)OCC. The number of hydrogen-bond donors (Lipinski definition) is 2. The molecule has 0 amide bonds. The van der Waals surface area contributed by atoms with Crippen molar-refractivity contribution in [1.82, 2.24) is 5.32 Å². The Kier molecular flexibility index (Phi) is 11.2. The predicted molar refractivity (Wildman–Crippen MR) is 126 cm³/mol. The average Bonchev–Trinajstić information content (AvgIpc) is 2.83. The highest BCUT2D eigenvalue weighted by Gasteiger charge is 2.22. The van der Waals surface area contributed by atoms with Gasteiger partial charge in [0.2, 0.25) is 0 Å². The Labute approximate surface area is 208 Å². The number of nitrogens with one attached hydrogen (secondary N) is 1. The first-order valence-corrected chi connectivity index (χ1v) is 11.3. The Morgan fingerprint density at radius 3 is 2.08 bits per heavy atom. The van der Waals surface area contributed by atoms with Crippen molar-refractivity contribution in [3.05, 3.63) is 59.7 Å². The fraction of sp³-hybridized carbons (Fsp3) is 0.360. The maximum Gasteiger partial charge on any atom is 0.513 e. The van der Waals surface area contributed by atoms with Crippen LogP contribution in [0.15, 0.2) is 48.5 Å². The Morgan fingerprint density at radius 2 is 1.50 bits per heavy atom. The number of aliphatic carboxylic acids is 1. The molecule has 0 aliphatic heterocycles. The fourth-order valence-corrected chi connectivity index (χ4v) is 2.98.